The molecule has 21 heavy (non-hydrogen) atoms. The summed E-state index contributed by atoms with van der Waals surface area (Å²) in [5, 5.41) is 3.73. The fraction of sp³-hybridized carbons (Fsp3) is 0.562. The zero-order valence-corrected chi connectivity index (χ0v) is 13.6. The third-order valence-electron chi connectivity index (χ3n) is 4.16. The summed E-state index contributed by atoms with van der Waals surface area (Å²) in [6.07, 6.45) is 2.93. The van der Waals surface area contributed by atoms with Crippen LogP contribution in [0.4, 0.5) is 4.79 Å². The van der Waals surface area contributed by atoms with E-state index in [-0.39, 0.29) is 6.03 Å². The van der Waals surface area contributed by atoms with Crippen LogP contribution in [0.5, 0.6) is 0 Å². The van der Waals surface area contributed by atoms with E-state index in [0.29, 0.717) is 12.6 Å². The normalized spacial score (nSPS) is 16.7. The van der Waals surface area contributed by atoms with Gasteiger partial charge >= 0.3 is 6.03 Å². The number of hydrogen-bond acceptors (Lipinski definition) is 2. The first kappa shape index (κ1) is 16.1. The monoisotopic (exact) mass is 309 g/mol. The molecule has 1 saturated heterocycles. The van der Waals surface area contributed by atoms with Gasteiger partial charge < -0.3 is 15.1 Å². The predicted molar refractivity (Wildman–Crippen MR) is 86.8 cm³/mol. The number of rotatable bonds is 4. The molecule has 0 aliphatic carbocycles. The van der Waals surface area contributed by atoms with Gasteiger partial charge in [0.1, 0.15) is 0 Å². The Hall–Kier alpha value is -1.26. The standard InChI is InChI=1S/C16H24ClN3O/c1-19-11-8-15(9-12-19)20(2)16(21)18-10-7-13-3-5-14(17)6-4-13/h3-6,15H,7-12H2,1-2H3,(H,18,21). The zero-order chi connectivity index (χ0) is 15.2. The van der Waals surface area contributed by atoms with Crippen LogP contribution in [0.1, 0.15) is 18.4 Å². The van der Waals surface area contributed by atoms with Crippen molar-refractivity contribution >= 4 is 17.6 Å². The molecule has 1 heterocycles. The summed E-state index contributed by atoms with van der Waals surface area (Å²) in [5.74, 6) is 0. The SMILES string of the molecule is CN1CCC(N(C)C(=O)NCCc2ccc(Cl)cc2)CC1. The van der Waals surface area contributed by atoms with Gasteiger partial charge in [-0.05, 0) is 57.1 Å². The first-order chi connectivity index (χ1) is 10.1. The third kappa shape index (κ3) is 4.90. The minimum Gasteiger partial charge on any atom is -0.338 e. The van der Waals surface area contributed by atoms with E-state index in [2.05, 4.69) is 17.3 Å². The molecule has 0 unspecified atom stereocenters. The van der Waals surface area contributed by atoms with Crippen molar-refractivity contribution < 1.29 is 4.79 Å². The number of amides is 2. The molecule has 0 radical (unpaired) electrons. The van der Waals surface area contributed by atoms with E-state index in [1.165, 1.54) is 5.56 Å². The van der Waals surface area contributed by atoms with E-state index in [1.807, 2.05) is 36.2 Å². The highest BCUT2D eigenvalue weighted by Gasteiger charge is 2.23. The van der Waals surface area contributed by atoms with Crippen LogP contribution in [0.2, 0.25) is 5.02 Å². The molecule has 5 heteroatoms. The molecule has 0 aromatic heterocycles. The molecule has 4 nitrogen and oxygen atoms in total. The lowest BCUT2D eigenvalue weighted by atomic mass is 10.0. The van der Waals surface area contributed by atoms with Crippen LogP contribution >= 0.6 is 11.6 Å². The summed E-state index contributed by atoms with van der Waals surface area (Å²) in [4.78, 5) is 16.3. The first-order valence-corrected chi connectivity index (χ1v) is 7.87. The lowest BCUT2D eigenvalue weighted by Gasteiger charge is -2.35. The largest absolute Gasteiger partial charge is 0.338 e. The van der Waals surface area contributed by atoms with Crippen molar-refractivity contribution in [2.45, 2.75) is 25.3 Å². The molecule has 0 bridgehead atoms. The molecule has 2 rings (SSSR count). The Kier molecular flexibility index (Phi) is 5.88. The van der Waals surface area contributed by atoms with Gasteiger partial charge in [-0.3, -0.25) is 0 Å². The Labute approximate surface area is 132 Å². The molecule has 1 aromatic carbocycles. The van der Waals surface area contributed by atoms with Crippen molar-refractivity contribution in [2.24, 2.45) is 0 Å². The number of likely N-dealkylation sites (tertiary alicyclic amines) is 1. The molecule has 1 aliphatic heterocycles. The van der Waals surface area contributed by atoms with E-state index in [4.69, 9.17) is 11.6 Å². The second-order valence-electron chi connectivity index (χ2n) is 5.75. The van der Waals surface area contributed by atoms with Crippen molar-refractivity contribution in [1.29, 1.82) is 0 Å². The molecule has 0 spiro atoms. The van der Waals surface area contributed by atoms with Crippen LogP contribution in [-0.4, -0.2) is 55.6 Å². The second kappa shape index (κ2) is 7.66. The van der Waals surface area contributed by atoms with Gasteiger partial charge in [0.05, 0.1) is 0 Å². The summed E-state index contributed by atoms with van der Waals surface area (Å²) < 4.78 is 0. The highest BCUT2D eigenvalue weighted by atomic mass is 35.5. The van der Waals surface area contributed by atoms with Gasteiger partial charge in [0, 0.05) is 24.7 Å². The average molecular weight is 310 g/mol. The third-order valence-corrected chi connectivity index (χ3v) is 4.41. The van der Waals surface area contributed by atoms with Crippen LogP contribution < -0.4 is 5.32 Å². The highest BCUT2D eigenvalue weighted by molar-refractivity contribution is 6.30. The Morgan fingerprint density at radius 1 is 1.33 bits per heavy atom. The van der Waals surface area contributed by atoms with Crippen LogP contribution in [0.15, 0.2) is 24.3 Å². The maximum atomic E-state index is 12.1. The number of carbonyl (C=O) groups is 1. The van der Waals surface area contributed by atoms with Crippen molar-refractivity contribution in [1.82, 2.24) is 15.1 Å². The van der Waals surface area contributed by atoms with Gasteiger partial charge in [-0.1, -0.05) is 23.7 Å². The Morgan fingerprint density at radius 3 is 2.57 bits per heavy atom. The number of benzene rings is 1. The smallest absolute Gasteiger partial charge is 0.317 e. The van der Waals surface area contributed by atoms with Gasteiger partial charge in [-0.25, -0.2) is 4.79 Å². The number of hydrogen-bond donors (Lipinski definition) is 1. The highest BCUT2D eigenvalue weighted by Crippen LogP contribution is 2.14. The van der Waals surface area contributed by atoms with Gasteiger partial charge in [-0.2, -0.15) is 0 Å². The molecular formula is C16H24ClN3O. The van der Waals surface area contributed by atoms with Crippen molar-refractivity contribution in [2.75, 3.05) is 33.7 Å². The molecule has 1 fully saturated rings. The van der Waals surface area contributed by atoms with Gasteiger partial charge in [0.2, 0.25) is 0 Å². The van der Waals surface area contributed by atoms with Crippen LogP contribution in [-0.2, 0) is 6.42 Å². The Balaban J connectivity index is 1.72. The van der Waals surface area contributed by atoms with Crippen molar-refractivity contribution in [3.8, 4) is 0 Å². The number of nitrogens with zero attached hydrogens (tertiary/aromatic N) is 2. The topological polar surface area (TPSA) is 35.6 Å². The first-order valence-electron chi connectivity index (χ1n) is 7.50. The number of urea groups is 1. The number of halogens is 1. The number of carbonyl (C=O) groups excluding carboxylic acids is 1. The van der Waals surface area contributed by atoms with Crippen LogP contribution in [0.3, 0.4) is 0 Å². The quantitative estimate of drug-likeness (QED) is 0.928. The lowest BCUT2D eigenvalue weighted by Crippen LogP contribution is -2.48. The number of piperidine rings is 1. The summed E-state index contributed by atoms with van der Waals surface area (Å²) in [7, 11) is 4.02. The fourth-order valence-corrected chi connectivity index (χ4v) is 2.76. The Morgan fingerprint density at radius 2 is 1.95 bits per heavy atom. The van der Waals surface area contributed by atoms with Crippen LogP contribution in [0, 0.1) is 0 Å². The maximum absolute atomic E-state index is 12.1. The van der Waals surface area contributed by atoms with Crippen molar-refractivity contribution in [3.05, 3.63) is 34.9 Å². The van der Waals surface area contributed by atoms with Gasteiger partial charge in [0.25, 0.3) is 0 Å². The number of nitrogens with one attached hydrogen (secondary N) is 1. The minimum absolute atomic E-state index is 0.0264. The van der Waals surface area contributed by atoms with E-state index < -0.39 is 0 Å². The minimum atomic E-state index is 0.0264. The maximum Gasteiger partial charge on any atom is 0.317 e. The predicted octanol–water partition coefficient (Wildman–Crippen LogP) is 2.62. The van der Waals surface area contributed by atoms with Gasteiger partial charge in [0.15, 0.2) is 0 Å². The fourth-order valence-electron chi connectivity index (χ4n) is 2.64. The summed E-state index contributed by atoms with van der Waals surface area (Å²) in [5.41, 5.74) is 1.18. The van der Waals surface area contributed by atoms with E-state index >= 15 is 0 Å². The molecule has 116 valence electrons. The molecule has 0 atom stereocenters. The van der Waals surface area contributed by atoms with E-state index in [1.54, 1.807) is 0 Å². The molecular weight excluding hydrogens is 286 g/mol. The lowest BCUT2D eigenvalue weighted by molar-refractivity contribution is 0.148. The summed E-state index contributed by atoms with van der Waals surface area (Å²) in [6, 6.07) is 8.13. The molecule has 1 aliphatic rings. The van der Waals surface area contributed by atoms with E-state index in [9.17, 15) is 4.79 Å². The molecule has 0 saturated carbocycles. The molecule has 1 N–H and O–H groups in total. The zero-order valence-electron chi connectivity index (χ0n) is 12.8. The summed E-state index contributed by atoms with van der Waals surface area (Å²) in [6.45, 7) is 2.78. The van der Waals surface area contributed by atoms with Gasteiger partial charge in [-0.15, -0.1) is 0 Å². The molecule has 2 amide bonds. The molecule has 1 aromatic rings. The van der Waals surface area contributed by atoms with Crippen molar-refractivity contribution in [3.63, 3.8) is 0 Å². The second-order valence-corrected chi connectivity index (χ2v) is 6.19. The summed E-state index contributed by atoms with van der Waals surface area (Å²) >= 11 is 5.85. The van der Waals surface area contributed by atoms with Crippen LogP contribution in [0.25, 0.3) is 0 Å². The van der Waals surface area contributed by atoms with E-state index in [0.717, 1.165) is 37.4 Å². The Bertz CT molecular complexity index is 455. The average Bonchev–Trinajstić information content (AvgIpc) is 2.49.